The minimum atomic E-state index is -0.169. The van der Waals surface area contributed by atoms with Gasteiger partial charge in [0.05, 0.1) is 5.92 Å². The van der Waals surface area contributed by atoms with Crippen molar-refractivity contribution < 1.29 is 9.90 Å². The third-order valence-corrected chi connectivity index (χ3v) is 6.69. The molecule has 2 fully saturated rings. The summed E-state index contributed by atoms with van der Waals surface area (Å²) in [5.74, 6) is 0.655. The smallest absolute Gasteiger partial charge is 0.228 e. The third-order valence-electron chi connectivity index (χ3n) is 6.69. The molecule has 0 aromatic heterocycles. The number of fused-ring (bicyclic) bond motifs is 4. The number of hydrogen-bond acceptors (Lipinski definition) is 3. The molecular formula is C20H28N2O2. The van der Waals surface area contributed by atoms with E-state index in [0.29, 0.717) is 11.7 Å². The number of aromatic hydroxyl groups is 1. The van der Waals surface area contributed by atoms with Gasteiger partial charge < -0.3 is 14.9 Å². The second-order valence-electron chi connectivity index (χ2n) is 8.12. The summed E-state index contributed by atoms with van der Waals surface area (Å²) < 4.78 is 0. The Morgan fingerprint density at radius 1 is 1.21 bits per heavy atom. The van der Waals surface area contributed by atoms with Crippen LogP contribution in [0.15, 0.2) is 18.2 Å². The lowest BCUT2D eigenvalue weighted by Crippen LogP contribution is -2.62. The van der Waals surface area contributed by atoms with Gasteiger partial charge in [-0.2, -0.15) is 0 Å². The standard InChI is InChI=1S/C20H28N2O2/c1-20-8-11-21(2)17(12-14-6-7-15(23)13-16(14)20)18(20)19(24)22-9-4-3-5-10-22/h6-7,13,17-18,23H,3-5,8-12H2,1-2H3/t17-,18-,20?/m1/s1. The third kappa shape index (κ3) is 2.34. The van der Waals surface area contributed by atoms with E-state index >= 15 is 0 Å². The summed E-state index contributed by atoms with van der Waals surface area (Å²) >= 11 is 0. The predicted molar refractivity (Wildman–Crippen MR) is 94.1 cm³/mol. The van der Waals surface area contributed by atoms with Crippen molar-refractivity contribution in [1.29, 1.82) is 0 Å². The molecule has 0 spiro atoms. The van der Waals surface area contributed by atoms with Crippen LogP contribution in [0, 0.1) is 5.92 Å². The number of nitrogens with zero attached hydrogens (tertiary/aromatic N) is 2. The molecule has 2 saturated heterocycles. The van der Waals surface area contributed by atoms with Crippen LogP contribution in [0.3, 0.4) is 0 Å². The Morgan fingerprint density at radius 2 is 1.96 bits per heavy atom. The first-order chi connectivity index (χ1) is 11.5. The lowest BCUT2D eigenvalue weighted by atomic mass is 9.58. The van der Waals surface area contributed by atoms with Gasteiger partial charge in [0, 0.05) is 24.5 Å². The van der Waals surface area contributed by atoms with Crippen LogP contribution < -0.4 is 0 Å². The zero-order valence-electron chi connectivity index (χ0n) is 14.8. The topological polar surface area (TPSA) is 43.8 Å². The summed E-state index contributed by atoms with van der Waals surface area (Å²) in [5, 5.41) is 10.0. The number of hydrogen-bond donors (Lipinski definition) is 1. The fraction of sp³-hybridized carbons (Fsp3) is 0.650. The van der Waals surface area contributed by atoms with Crippen LogP contribution in [-0.4, -0.2) is 53.5 Å². The van der Waals surface area contributed by atoms with E-state index in [1.807, 2.05) is 6.07 Å². The van der Waals surface area contributed by atoms with Crippen LogP contribution in [0.25, 0.3) is 0 Å². The summed E-state index contributed by atoms with van der Waals surface area (Å²) in [6.45, 7) is 5.08. The Labute approximate surface area is 144 Å². The van der Waals surface area contributed by atoms with Gasteiger partial charge in [0.1, 0.15) is 5.75 Å². The molecule has 2 heterocycles. The monoisotopic (exact) mass is 328 g/mol. The highest BCUT2D eigenvalue weighted by molar-refractivity contribution is 5.82. The highest BCUT2D eigenvalue weighted by Crippen LogP contribution is 2.49. The molecule has 3 atom stereocenters. The summed E-state index contributed by atoms with van der Waals surface area (Å²) in [4.78, 5) is 17.9. The van der Waals surface area contributed by atoms with Crippen molar-refractivity contribution in [3.8, 4) is 5.75 Å². The first kappa shape index (κ1) is 15.9. The maximum Gasteiger partial charge on any atom is 0.228 e. The normalized spacial score (nSPS) is 33.2. The quantitative estimate of drug-likeness (QED) is 0.861. The minimum absolute atomic E-state index is 0.00338. The Kier molecular flexibility index (Phi) is 3.83. The van der Waals surface area contributed by atoms with Crippen LogP contribution in [0.5, 0.6) is 5.75 Å². The lowest BCUT2D eigenvalue weighted by Gasteiger charge is -2.55. The lowest BCUT2D eigenvalue weighted by molar-refractivity contribution is -0.145. The largest absolute Gasteiger partial charge is 0.508 e. The van der Waals surface area contributed by atoms with Gasteiger partial charge >= 0.3 is 0 Å². The van der Waals surface area contributed by atoms with Gasteiger partial charge in [0.2, 0.25) is 5.91 Å². The van der Waals surface area contributed by atoms with Gasteiger partial charge in [-0.3, -0.25) is 4.79 Å². The van der Waals surface area contributed by atoms with Gasteiger partial charge in [0.15, 0.2) is 0 Å². The molecule has 24 heavy (non-hydrogen) atoms. The number of carbonyl (C=O) groups is 1. The second kappa shape index (κ2) is 5.76. The number of likely N-dealkylation sites (N-methyl/N-ethyl adjacent to an activating group) is 1. The molecule has 1 aromatic carbocycles. The van der Waals surface area contributed by atoms with Crippen molar-refractivity contribution in [2.75, 3.05) is 26.7 Å². The number of likely N-dealkylation sites (tertiary alicyclic amines) is 2. The van der Waals surface area contributed by atoms with E-state index in [4.69, 9.17) is 0 Å². The maximum absolute atomic E-state index is 13.4. The number of rotatable bonds is 1. The maximum atomic E-state index is 13.4. The second-order valence-corrected chi connectivity index (χ2v) is 8.12. The molecule has 4 heteroatoms. The van der Waals surface area contributed by atoms with Crippen molar-refractivity contribution >= 4 is 5.91 Å². The molecule has 1 unspecified atom stereocenters. The molecule has 130 valence electrons. The molecule has 4 rings (SSSR count). The molecule has 1 N–H and O–H groups in total. The molecule has 4 nitrogen and oxygen atoms in total. The molecule has 1 aromatic rings. The SMILES string of the molecule is CN1CCC2(C)c3cc(O)ccc3C[C@@H]1[C@@H]2C(=O)N1CCCCC1. The Bertz CT molecular complexity index is 653. The van der Waals surface area contributed by atoms with E-state index in [-0.39, 0.29) is 17.4 Å². The molecule has 3 aliphatic rings. The molecular weight excluding hydrogens is 300 g/mol. The van der Waals surface area contributed by atoms with Crippen molar-refractivity contribution in [2.45, 2.75) is 50.5 Å². The Balaban J connectivity index is 1.76. The van der Waals surface area contributed by atoms with Crippen molar-refractivity contribution in [1.82, 2.24) is 9.80 Å². The molecule has 2 aliphatic heterocycles. The van der Waals surface area contributed by atoms with E-state index in [0.717, 1.165) is 45.3 Å². The molecule has 1 amide bonds. The van der Waals surface area contributed by atoms with Gasteiger partial charge in [-0.25, -0.2) is 0 Å². The highest BCUT2D eigenvalue weighted by Gasteiger charge is 2.54. The molecule has 2 bridgehead atoms. The van der Waals surface area contributed by atoms with Gasteiger partial charge in [-0.05, 0) is 69.0 Å². The van der Waals surface area contributed by atoms with E-state index < -0.39 is 0 Å². The Morgan fingerprint density at radius 3 is 2.71 bits per heavy atom. The van der Waals surface area contributed by atoms with E-state index in [9.17, 15) is 9.90 Å². The number of amides is 1. The van der Waals surface area contributed by atoms with E-state index in [1.165, 1.54) is 17.5 Å². The van der Waals surface area contributed by atoms with E-state index in [1.54, 1.807) is 6.07 Å². The van der Waals surface area contributed by atoms with Crippen molar-refractivity contribution in [3.05, 3.63) is 29.3 Å². The van der Waals surface area contributed by atoms with Crippen LogP contribution in [0.2, 0.25) is 0 Å². The van der Waals surface area contributed by atoms with Crippen LogP contribution in [-0.2, 0) is 16.6 Å². The van der Waals surface area contributed by atoms with Crippen molar-refractivity contribution in [3.63, 3.8) is 0 Å². The summed E-state index contributed by atoms with van der Waals surface area (Å²) in [7, 11) is 2.16. The minimum Gasteiger partial charge on any atom is -0.508 e. The van der Waals surface area contributed by atoms with Gasteiger partial charge in [0.25, 0.3) is 0 Å². The summed E-state index contributed by atoms with van der Waals surface area (Å²) in [6.07, 6.45) is 5.39. The summed E-state index contributed by atoms with van der Waals surface area (Å²) in [5.41, 5.74) is 2.33. The fourth-order valence-corrected chi connectivity index (χ4v) is 5.23. The van der Waals surface area contributed by atoms with Crippen LogP contribution in [0.4, 0.5) is 0 Å². The van der Waals surface area contributed by atoms with E-state index in [2.05, 4.69) is 29.8 Å². The first-order valence-electron chi connectivity index (χ1n) is 9.32. The van der Waals surface area contributed by atoms with Gasteiger partial charge in [-0.15, -0.1) is 0 Å². The van der Waals surface area contributed by atoms with Crippen LogP contribution >= 0.6 is 0 Å². The van der Waals surface area contributed by atoms with Gasteiger partial charge in [-0.1, -0.05) is 13.0 Å². The zero-order chi connectivity index (χ0) is 16.9. The first-order valence-corrected chi connectivity index (χ1v) is 9.32. The fourth-order valence-electron chi connectivity index (χ4n) is 5.23. The number of benzene rings is 1. The average Bonchev–Trinajstić information content (AvgIpc) is 2.59. The number of piperidine rings is 2. The number of carbonyl (C=O) groups excluding carboxylic acids is 1. The molecule has 0 saturated carbocycles. The average molecular weight is 328 g/mol. The summed E-state index contributed by atoms with van der Waals surface area (Å²) in [6, 6.07) is 6.02. The predicted octanol–water partition coefficient (Wildman–Crippen LogP) is 2.54. The highest BCUT2D eigenvalue weighted by atomic mass is 16.3. The van der Waals surface area contributed by atoms with Crippen molar-refractivity contribution in [2.24, 2.45) is 5.92 Å². The number of phenols is 1. The zero-order valence-corrected chi connectivity index (χ0v) is 14.8. The number of phenolic OH excluding ortho intramolecular Hbond substituents is 1. The Hall–Kier alpha value is -1.55. The van der Waals surface area contributed by atoms with Crippen LogP contribution in [0.1, 0.15) is 43.7 Å². The molecule has 0 radical (unpaired) electrons. The molecule has 1 aliphatic carbocycles.